The molecule has 0 spiro atoms. The van der Waals surface area contributed by atoms with E-state index in [0.29, 0.717) is 29.7 Å². The first-order chi connectivity index (χ1) is 10.6. The second-order valence-electron chi connectivity index (χ2n) is 4.77. The van der Waals surface area contributed by atoms with E-state index in [0.717, 1.165) is 0 Å². The zero-order valence-electron chi connectivity index (χ0n) is 11.9. The van der Waals surface area contributed by atoms with Crippen LogP contribution in [0.4, 0.5) is 0 Å². The highest BCUT2D eigenvalue weighted by molar-refractivity contribution is 5.93. The van der Waals surface area contributed by atoms with Gasteiger partial charge in [-0.3, -0.25) is 23.8 Å². The number of rotatable bonds is 4. The Kier molecular flexibility index (Phi) is 3.65. The minimum atomic E-state index is -0.219. The molecule has 3 heterocycles. The summed E-state index contributed by atoms with van der Waals surface area (Å²) < 4.78 is 2.98. The van der Waals surface area contributed by atoms with Crippen molar-refractivity contribution in [1.82, 2.24) is 29.6 Å². The van der Waals surface area contributed by atoms with E-state index < -0.39 is 0 Å². The monoisotopic (exact) mass is 298 g/mol. The Morgan fingerprint density at radius 1 is 1.32 bits per heavy atom. The lowest BCUT2D eigenvalue weighted by atomic mass is 10.2. The Balaban J connectivity index is 1.68. The standard InChI is InChI=1S/C14H14N6O2/c1-19-8-11-12(18-19)14(22)20(9-17-11)7-6-16-13(21)10-2-4-15-5-3-10/h2-5,8-9H,6-7H2,1H3,(H,16,21). The highest BCUT2D eigenvalue weighted by Crippen LogP contribution is 2.01. The van der Waals surface area contributed by atoms with E-state index >= 15 is 0 Å². The van der Waals surface area contributed by atoms with Crippen LogP contribution in [0, 0.1) is 0 Å². The van der Waals surface area contributed by atoms with Gasteiger partial charge in [-0.1, -0.05) is 0 Å². The van der Waals surface area contributed by atoms with Gasteiger partial charge in [0.05, 0.1) is 12.5 Å². The van der Waals surface area contributed by atoms with Crippen LogP contribution in [0.3, 0.4) is 0 Å². The van der Waals surface area contributed by atoms with E-state index in [2.05, 4.69) is 20.4 Å². The fraction of sp³-hybridized carbons (Fsp3) is 0.214. The van der Waals surface area contributed by atoms with Crippen molar-refractivity contribution in [3.63, 3.8) is 0 Å². The summed E-state index contributed by atoms with van der Waals surface area (Å²) in [6.45, 7) is 0.649. The van der Waals surface area contributed by atoms with Crippen molar-refractivity contribution < 1.29 is 4.79 Å². The molecule has 1 amide bonds. The molecule has 1 N–H and O–H groups in total. The van der Waals surface area contributed by atoms with Crippen molar-refractivity contribution in [3.05, 3.63) is 53.0 Å². The normalized spacial score (nSPS) is 10.8. The van der Waals surface area contributed by atoms with Gasteiger partial charge >= 0.3 is 0 Å². The lowest BCUT2D eigenvalue weighted by molar-refractivity contribution is 0.0952. The van der Waals surface area contributed by atoms with Crippen molar-refractivity contribution in [2.24, 2.45) is 7.05 Å². The minimum Gasteiger partial charge on any atom is -0.350 e. The third-order valence-corrected chi connectivity index (χ3v) is 3.19. The molecule has 22 heavy (non-hydrogen) atoms. The molecule has 0 saturated carbocycles. The van der Waals surface area contributed by atoms with Gasteiger partial charge in [0.25, 0.3) is 11.5 Å². The van der Waals surface area contributed by atoms with Crippen LogP contribution in [-0.4, -0.2) is 36.8 Å². The average molecular weight is 298 g/mol. The van der Waals surface area contributed by atoms with Crippen molar-refractivity contribution in [2.45, 2.75) is 6.54 Å². The van der Waals surface area contributed by atoms with Gasteiger partial charge in [0.15, 0.2) is 5.52 Å². The van der Waals surface area contributed by atoms with Gasteiger partial charge in [0.2, 0.25) is 0 Å². The van der Waals surface area contributed by atoms with Crippen LogP contribution < -0.4 is 10.9 Å². The first-order valence-electron chi connectivity index (χ1n) is 6.72. The first-order valence-corrected chi connectivity index (χ1v) is 6.72. The number of amides is 1. The SMILES string of the molecule is Cn1cc2ncn(CCNC(=O)c3ccncc3)c(=O)c2n1. The Bertz CT molecular complexity index is 868. The van der Waals surface area contributed by atoms with Crippen molar-refractivity contribution in [2.75, 3.05) is 6.54 Å². The minimum absolute atomic E-state index is 0.206. The predicted octanol–water partition coefficient (Wildman–Crippen LogP) is -0.0450. The summed E-state index contributed by atoms with van der Waals surface area (Å²) in [6, 6.07) is 3.26. The molecule has 8 heteroatoms. The number of nitrogens with one attached hydrogen (secondary N) is 1. The highest BCUT2D eigenvalue weighted by atomic mass is 16.1. The van der Waals surface area contributed by atoms with Crippen LogP contribution in [0.25, 0.3) is 11.0 Å². The van der Waals surface area contributed by atoms with Crippen molar-refractivity contribution in [1.29, 1.82) is 0 Å². The number of hydrogen-bond acceptors (Lipinski definition) is 5. The smallest absolute Gasteiger partial charge is 0.281 e. The molecule has 112 valence electrons. The summed E-state index contributed by atoms with van der Waals surface area (Å²) in [5.74, 6) is -0.206. The molecule has 3 aromatic rings. The molecule has 8 nitrogen and oxygen atoms in total. The molecule has 3 aromatic heterocycles. The van der Waals surface area contributed by atoms with E-state index in [1.54, 1.807) is 42.5 Å². The maximum absolute atomic E-state index is 12.2. The lowest BCUT2D eigenvalue weighted by Gasteiger charge is -2.07. The summed E-state index contributed by atoms with van der Waals surface area (Å²) in [6.07, 6.45) is 6.26. The largest absolute Gasteiger partial charge is 0.350 e. The average Bonchev–Trinajstić information content (AvgIpc) is 2.92. The quantitative estimate of drug-likeness (QED) is 0.729. The molecule has 0 atom stereocenters. The molecule has 0 radical (unpaired) electrons. The van der Waals surface area contributed by atoms with Crippen LogP contribution in [0.5, 0.6) is 0 Å². The van der Waals surface area contributed by atoms with E-state index in [4.69, 9.17) is 0 Å². The van der Waals surface area contributed by atoms with Gasteiger partial charge in [-0.25, -0.2) is 4.98 Å². The molecule has 0 aliphatic heterocycles. The third kappa shape index (κ3) is 2.71. The van der Waals surface area contributed by atoms with Gasteiger partial charge in [-0.05, 0) is 12.1 Å². The van der Waals surface area contributed by atoms with Crippen molar-refractivity contribution >= 4 is 16.9 Å². The Hall–Kier alpha value is -3.03. The van der Waals surface area contributed by atoms with E-state index in [-0.39, 0.29) is 11.5 Å². The van der Waals surface area contributed by atoms with E-state index in [9.17, 15) is 9.59 Å². The van der Waals surface area contributed by atoms with Gasteiger partial charge in [0, 0.05) is 38.1 Å². The molecule has 3 rings (SSSR count). The molecule has 0 bridgehead atoms. The highest BCUT2D eigenvalue weighted by Gasteiger charge is 2.08. The Morgan fingerprint density at radius 3 is 2.86 bits per heavy atom. The summed E-state index contributed by atoms with van der Waals surface area (Å²) in [7, 11) is 1.74. The third-order valence-electron chi connectivity index (χ3n) is 3.19. The molecule has 0 unspecified atom stereocenters. The van der Waals surface area contributed by atoms with Crippen LogP contribution in [0.1, 0.15) is 10.4 Å². The summed E-state index contributed by atoms with van der Waals surface area (Å²) in [5, 5.41) is 6.84. The molecular weight excluding hydrogens is 284 g/mol. The van der Waals surface area contributed by atoms with Crippen molar-refractivity contribution in [3.8, 4) is 0 Å². The summed E-state index contributed by atoms with van der Waals surface area (Å²) >= 11 is 0. The molecule has 0 aliphatic carbocycles. The summed E-state index contributed by atoms with van der Waals surface area (Å²) in [4.78, 5) is 32.1. The van der Waals surface area contributed by atoms with Gasteiger partial charge < -0.3 is 5.32 Å². The second-order valence-corrected chi connectivity index (χ2v) is 4.77. The Labute approximate surface area is 125 Å². The van der Waals surface area contributed by atoms with Gasteiger partial charge in [-0.15, -0.1) is 0 Å². The number of nitrogens with zero attached hydrogens (tertiary/aromatic N) is 5. The fourth-order valence-corrected chi connectivity index (χ4v) is 2.10. The number of fused-ring (bicyclic) bond motifs is 1. The number of aromatic nitrogens is 5. The van der Waals surface area contributed by atoms with E-state index in [1.807, 2.05) is 0 Å². The number of pyridine rings is 1. The van der Waals surface area contributed by atoms with E-state index in [1.165, 1.54) is 10.9 Å². The first kappa shape index (κ1) is 13.9. The lowest BCUT2D eigenvalue weighted by Crippen LogP contribution is -2.31. The zero-order chi connectivity index (χ0) is 15.5. The van der Waals surface area contributed by atoms with Gasteiger partial charge in [-0.2, -0.15) is 5.10 Å². The van der Waals surface area contributed by atoms with Crippen LogP contribution in [0.15, 0.2) is 41.8 Å². The maximum atomic E-state index is 12.2. The molecular formula is C14H14N6O2. The van der Waals surface area contributed by atoms with Crippen LogP contribution in [0.2, 0.25) is 0 Å². The number of carbonyl (C=O) groups excluding carboxylic acids is 1. The molecule has 0 saturated heterocycles. The summed E-state index contributed by atoms with van der Waals surface area (Å²) in [5.41, 5.74) is 1.19. The topological polar surface area (TPSA) is 94.7 Å². The molecule has 0 aromatic carbocycles. The molecule has 0 aliphatic rings. The Morgan fingerprint density at radius 2 is 2.09 bits per heavy atom. The maximum Gasteiger partial charge on any atom is 0.281 e. The number of carbonyl (C=O) groups is 1. The number of aryl methyl sites for hydroxylation is 1. The van der Waals surface area contributed by atoms with Crippen LogP contribution >= 0.6 is 0 Å². The van der Waals surface area contributed by atoms with Gasteiger partial charge in [0.1, 0.15) is 5.52 Å². The zero-order valence-corrected chi connectivity index (χ0v) is 11.9. The molecule has 0 fully saturated rings. The number of hydrogen-bond donors (Lipinski definition) is 1. The second kappa shape index (κ2) is 5.76. The van der Waals surface area contributed by atoms with Crippen LogP contribution in [-0.2, 0) is 13.6 Å². The fourth-order valence-electron chi connectivity index (χ4n) is 2.10. The predicted molar refractivity (Wildman–Crippen MR) is 79.3 cm³/mol.